The molecule has 0 atom stereocenters. The smallest absolute Gasteiger partial charge is 0.290 e. The van der Waals surface area contributed by atoms with E-state index in [0.29, 0.717) is 39.4 Å². The molecule has 5 heteroatoms. The molecule has 2 aliphatic rings. The molecule has 2 aliphatic heterocycles. The van der Waals surface area contributed by atoms with Gasteiger partial charge in [-0.05, 0) is 0 Å². The van der Waals surface area contributed by atoms with E-state index in [4.69, 9.17) is 9.47 Å². The van der Waals surface area contributed by atoms with Crippen molar-refractivity contribution in [2.24, 2.45) is 0 Å². The third-order valence-corrected chi connectivity index (χ3v) is 2.51. The summed E-state index contributed by atoms with van der Waals surface area (Å²) < 4.78 is 10.5. The third-order valence-electron chi connectivity index (χ3n) is 2.51. The fourth-order valence-electron chi connectivity index (χ4n) is 1.72. The fourth-order valence-corrected chi connectivity index (χ4v) is 1.72. The van der Waals surface area contributed by atoms with Gasteiger partial charge >= 0.3 is 0 Å². The summed E-state index contributed by atoms with van der Waals surface area (Å²) in [4.78, 5) is 24.0. The van der Waals surface area contributed by atoms with Gasteiger partial charge in [0.1, 0.15) is 0 Å². The highest BCUT2D eigenvalue weighted by Crippen LogP contribution is 2.13. The second-order valence-electron chi connectivity index (χ2n) is 3.48. The molecule has 0 aromatic heterocycles. The van der Waals surface area contributed by atoms with Gasteiger partial charge in [0.25, 0.3) is 5.91 Å². The van der Waals surface area contributed by atoms with Crippen molar-refractivity contribution in [3.63, 3.8) is 0 Å². The van der Waals surface area contributed by atoms with E-state index in [9.17, 15) is 9.59 Å². The third kappa shape index (κ3) is 1.78. The van der Waals surface area contributed by atoms with Crippen LogP contribution in [-0.2, 0) is 19.1 Å². The second-order valence-corrected chi connectivity index (χ2v) is 3.48. The molecule has 0 N–H and O–H groups in total. The van der Waals surface area contributed by atoms with Crippen LogP contribution in [0, 0.1) is 0 Å². The zero-order valence-electron chi connectivity index (χ0n) is 7.90. The minimum Gasteiger partial charge on any atom is -0.377 e. The topological polar surface area (TPSA) is 55.8 Å². The highest BCUT2D eigenvalue weighted by molar-refractivity contribution is 6.37. The van der Waals surface area contributed by atoms with Crippen molar-refractivity contribution in [1.82, 2.24) is 4.90 Å². The molecule has 0 aromatic carbocycles. The Morgan fingerprint density at radius 1 is 1.14 bits per heavy atom. The first kappa shape index (κ1) is 9.61. The molecule has 2 saturated heterocycles. The Kier molecular flexibility index (Phi) is 2.79. The van der Waals surface area contributed by atoms with Crippen molar-refractivity contribution in [1.29, 1.82) is 0 Å². The number of Topliss-reactive ketones (excluding diaryl/α,β-unsaturated/α-hetero) is 1. The highest BCUT2D eigenvalue weighted by atomic mass is 16.5. The van der Waals surface area contributed by atoms with Gasteiger partial charge in [0.2, 0.25) is 5.78 Å². The van der Waals surface area contributed by atoms with Gasteiger partial charge in [-0.25, -0.2) is 0 Å². The van der Waals surface area contributed by atoms with E-state index in [1.165, 1.54) is 0 Å². The van der Waals surface area contributed by atoms with E-state index >= 15 is 0 Å². The molecule has 2 fully saturated rings. The van der Waals surface area contributed by atoms with Crippen LogP contribution in [0.3, 0.4) is 0 Å². The summed E-state index contributed by atoms with van der Waals surface area (Å²) in [5.74, 6) is -0.682. The normalized spacial score (nSPS) is 25.6. The van der Waals surface area contributed by atoms with E-state index in [1.54, 1.807) is 4.90 Å². The number of carbonyl (C=O) groups excluding carboxylic acids is 2. The number of amides is 1. The van der Waals surface area contributed by atoms with Gasteiger partial charge in [-0.2, -0.15) is 0 Å². The Labute approximate surface area is 82.0 Å². The quantitative estimate of drug-likeness (QED) is 0.519. The van der Waals surface area contributed by atoms with Crippen molar-refractivity contribution in [3.05, 3.63) is 0 Å². The molecule has 0 unspecified atom stereocenters. The van der Waals surface area contributed by atoms with Crippen LogP contribution in [0.2, 0.25) is 0 Å². The van der Waals surface area contributed by atoms with E-state index < -0.39 is 0 Å². The summed E-state index contributed by atoms with van der Waals surface area (Å²) >= 11 is 0. The van der Waals surface area contributed by atoms with Crippen LogP contribution >= 0.6 is 0 Å². The molecule has 0 aromatic rings. The number of hydrogen-bond acceptors (Lipinski definition) is 4. The number of ether oxygens (including phenoxy) is 2. The van der Waals surface area contributed by atoms with E-state index in [1.807, 2.05) is 0 Å². The van der Waals surface area contributed by atoms with Gasteiger partial charge in [0.15, 0.2) is 0 Å². The first-order chi connectivity index (χ1) is 6.79. The van der Waals surface area contributed by atoms with E-state index in [2.05, 4.69) is 0 Å². The average molecular weight is 199 g/mol. The molecule has 1 amide bonds. The van der Waals surface area contributed by atoms with Crippen LogP contribution in [0.1, 0.15) is 6.42 Å². The molecular weight excluding hydrogens is 186 g/mol. The van der Waals surface area contributed by atoms with Crippen LogP contribution in [0.25, 0.3) is 0 Å². The van der Waals surface area contributed by atoms with Crippen molar-refractivity contribution in [2.75, 3.05) is 33.0 Å². The number of ketones is 1. The second kappa shape index (κ2) is 4.06. The zero-order chi connectivity index (χ0) is 9.97. The molecular formula is C9H13NO4. The van der Waals surface area contributed by atoms with Crippen molar-refractivity contribution >= 4 is 11.7 Å². The Balaban J connectivity index is 1.99. The lowest BCUT2D eigenvalue weighted by molar-refractivity contribution is -0.142. The van der Waals surface area contributed by atoms with Gasteiger partial charge in [0, 0.05) is 13.0 Å². The lowest BCUT2D eigenvalue weighted by Gasteiger charge is -2.24. The maximum atomic E-state index is 11.4. The number of hydrogen-bond donors (Lipinski definition) is 0. The molecule has 0 spiro atoms. The Morgan fingerprint density at radius 3 is 2.29 bits per heavy atom. The largest absolute Gasteiger partial charge is 0.377 e. The maximum Gasteiger partial charge on any atom is 0.290 e. The molecule has 0 radical (unpaired) electrons. The SMILES string of the molecule is O=C1CCN(C2COCCOC2)C1=O. The summed E-state index contributed by atoms with van der Waals surface area (Å²) in [7, 11) is 0. The summed E-state index contributed by atoms with van der Waals surface area (Å²) in [6.45, 7) is 2.58. The van der Waals surface area contributed by atoms with E-state index in [-0.39, 0.29) is 17.7 Å². The van der Waals surface area contributed by atoms with Crippen molar-refractivity contribution < 1.29 is 19.1 Å². The van der Waals surface area contributed by atoms with Crippen molar-refractivity contribution in [3.8, 4) is 0 Å². The van der Waals surface area contributed by atoms with Crippen LogP contribution in [0.15, 0.2) is 0 Å². The van der Waals surface area contributed by atoms with Crippen LogP contribution in [-0.4, -0.2) is 55.6 Å². The van der Waals surface area contributed by atoms with Crippen LogP contribution in [0.4, 0.5) is 0 Å². The molecule has 0 aliphatic carbocycles. The molecule has 5 nitrogen and oxygen atoms in total. The Morgan fingerprint density at radius 2 is 1.79 bits per heavy atom. The lowest BCUT2D eigenvalue weighted by atomic mass is 10.3. The summed E-state index contributed by atoms with van der Waals surface area (Å²) in [5, 5.41) is 0. The Hall–Kier alpha value is -0.940. The first-order valence-electron chi connectivity index (χ1n) is 4.78. The molecule has 2 rings (SSSR count). The number of carbonyl (C=O) groups is 2. The minimum atomic E-state index is -0.385. The molecule has 2 heterocycles. The van der Waals surface area contributed by atoms with Gasteiger partial charge in [-0.15, -0.1) is 0 Å². The predicted octanol–water partition coefficient (Wildman–Crippen LogP) is -0.797. The monoisotopic (exact) mass is 199 g/mol. The molecule has 0 saturated carbocycles. The minimum absolute atomic E-state index is 0.0866. The van der Waals surface area contributed by atoms with Crippen molar-refractivity contribution in [2.45, 2.75) is 12.5 Å². The van der Waals surface area contributed by atoms with Gasteiger partial charge < -0.3 is 14.4 Å². The summed E-state index contributed by atoms with van der Waals surface area (Å²) in [6, 6.07) is -0.0866. The predicted molar refractivity (Wildman–Crippen MR) is 46.8 cm³/mol. The van der Waals surface area contributed by atoms with Gasteiger partial charge in [-0.3, -0.25) is 9.59 Å². The van der Waals surface area contributed by atoms with Crippen LogP contribution in [0.5, 0.6) is 0 Å². The molecule has 78 valence electrons. The summed E-state index contributed by atoms with van der Waals surface area (Å²) in [5.41, 5.74) is 0. The van der Waals surface area contributed by atoms with Gasteiger partial charge in [-0.1, -0.05) is 0 Å². The summed E-state index contributed by atoms with van der Waals surface area (Å²) in [6.07, 6.45) is 0.329. The molecule has 0 bridgehead atoms. The zero-order valence-corrected chi connectivity index (χ0v) is 7.90. The first-order valence-corrected chi connectivity index (χ1v) is 4.78. The average Bonchev–Trinajstić information content (AvgIpc) is 2.47. The molecule has 14 heavy (non-hydrogen) atoms. The standard InChI is InChI=1S/C9H13NO4/c11-8-1-2-10(9(8)12)7-5-13-3-4-14-6-7/h7H,1-6H2. The highest BCUT2D eigenvalue weighted by Gasteiger charge is 2.35. The van der Waals surface area contributed by atoms with E-state index in [0.717, 1.165) is 0 Å². The number of nitrogens with zero attached hydrogens (tertiary/aromatic N) is 1. The number of likely N-dealkylation sites (tertiary alicyclic amines) is 1. The van der Waals surface area contributed by atoms with Gasteiger partial charge in [0.05, 0.1) is 32.5 Å². The Bertz CT molecular complexity index is 245. The maximum absolute atomic E-state index is 11.4. The fraction of sp³-hybridized carbons (Fsp3) is 0.778. The number of rotatable bonds is 1. The van der Waals surface area contributed by atoms with Crippen LogP contribution < -0.4 is 0 Å². The lowest BCUT2D eigenvalue weighted by Crippen LogP contribution is -2.42.